The summed E-state index contributed by atoms with van der Waals surface area (Å²) in [5.74, 6) is -4.20. The van der Waals surface area contributed by atoms with Gasteiger partial charge in [-0.1, -0.05) is 12.1 Å². The number of fused-ring (bicyclic) bond motifs is 1. The smallest absolute Gasteiger partial charge is 0.534 e. The number of carbonyl (C=O) groups is 4. The van der Waals surface area contributed by atoms with Crippen LogP contribution < -0.4 is 15.3 Å². The monoisotopic (exact) mass is 448 g/mol. The summed E-state index contributed by atoms with van der Waals surface area (Å²) < 4.78 is 5.34. The summed E-state index contributed by atoms with van der Waals surface area (Å²) in [5, 5.41) is 35.0. The van der Waals surface area contributed by atoms with Crippen LogP contribution in [0.1, 0.15) is 29.8 Å². The minimum absolute atomic E-state index is 0.0500. The molecular formula is C19H25BN4O8. The van der Waals surface area contributed by atoms with Gasteiger partial charge in [0, 0.05) is 19.6 Å². The topological polar surface area (TPSA) is 169 Å². The molecule has 12 nitrogen and oxygen atoms in total. The second-order valence-electron chi connectivity index (χ2n) is 7.57. The van der Waals surface area contributed by atoms with Gasteiger partial charge in [-0.25, -0.2) is 4.79 Å². The van der Waals surface area contributed by atoms with Crippen LogP contribution in [0.25, 0.3) is 0 Å². The Labute approximate surface area is 184 Å². The Morgan fingerprint density at radius 2 is 2.00 bits per heavy atom. The predicted octanol–water partition coefficient (Wildman–Crippen LogP) is -2.23. The number of likely N-dealkylation sites (N-methyl/N-ethyl adjacent to an activating group) is 1. The second-order valence-corrected chi connectivity index (χ2v) is 7.57. The third kappa shape index (κ3) is 4.69. The zero-order chi connectivity index (χ0) is 23.6. The van der Waals surface area contributed by atoms with Crippen LogP contribution in [0.15, 0.2) is 18.2 Å². The van der Waals surface area contributed by atoms with Crippen molar-refractivity contribution in [3.63, 3.8) is 0 Å². The first kappa shape index (κ1) is 23.5. The van der Waals surface area contributed by atoms with Gasteiger partial charge in [-0.3, -0.25) is 24.6 Å². The fraction of sp³-hybridized carbons (Fsp3) is 0.474. The number of nitrogens with zero attached hydrogens (tertiary/aromatic N) is 2. The maximum atomic E-state index is 12.6. The van der Waals surface area contributed by atoms with Crippen molar-refractivity contribution < 1.29 is 39.1 Å². The highest BCUT2D eigenvalue weighted by molar-refractivity contribution is 6.47. The van der Waals surface area contributed by atoms with Gasteiger partial charge in [0.05, 0.1) is 17.5 Å². The van der Waals surface area contributed by atoms with Crippen LogP contribution in [0.4, 0.5) is 0 Å². The van der Waals surface area contributed by atoms with E-state index in [1.54, 1.807) is 19.1 Å². The molecule has 3 atom stereocenters. The number of carboxylic acids is 1. The zero-order valence-electron chi connectivity index (χ0n) is 17.6. The highest BCUT2D eigenvalue weighted by Gasteiger charge is 2.39. The SMILES string of the molecule is CCN1CCN(C(O)N[C@H](C)C(=O)N[C@H]2Cc3cccc(C(=O)O)c3OB2O)C(=O)C1=O. The van der Waals surface area contributed by atoms with Crippen molar-refractivity contribution in [2.45, 2.75) is 38.6 Å². The van der Waals surface area contributed by atoms with Gasteiger partial charge in [-0.15, -0.1) is 0 Å². The average Bonchev–Trinajstić information content (AvgIpc) is 2.75. The van der Waals surface area contributed by atoms with E-state index in [4.69, 9.17) is 4.65 Å². The highest BCUT2D eigenvalue weighted by atomic mass is 16.5. The Morgan fingerprint density at radius 3 is 2.66 bits per heavy atom. The summed E-state index contributed by atoms with van der Waals surface area (Å²) in [5.41, 5.74) is 0.422. The molecule has 172 valence electrons. The van der Waals surface area contributed by atoms with Gasteiger partial charge in [0.15, 0.2) is 6.35 Å². The molecule has 0 radical (unpaired) electrons. The number of aliphatic hydroxyl groups is 1. The molecule has 5 N–H and O–H groups in total. The molecule has 3 amide bonds. The molecular weight excluding hydrogens is 423 g/mol. The number of nitrogens with one attached hydrogen (secondary N) is 2. The molecule has 0 spiro atoms. The van der Waals surface area contributed by atoms with Crippen LogP contribution >= 0.6 is 0 Å². The van der Waals surface area contributed by atoms with Crippen LogP contribution in [0, 0.1) is 0 Å². The molecule has 2 aliphatic rings. The van der Waals surface area contributed by atoms with Gasteiger partial charge in [0.25, 0.3) is 0 Å². The van der Waals surface area contributed by atoms with Gasteiger partial charge in [0.2, 0.25) is 5.91 Å². The first-order chi connectivity index (χ1) is 15.1. The fourth-order valence-corrected chi connectivity index (χ4v) is 3.64. The molecule has 2 heterocycles. The largest absolute Gasteiger partial charge is 0.547 e. The minimum atomic E-state index is -1.56. The van der Waals surface area contributed by atoms with Crippen LogP contribution in [0.3, 0.4) is 0 Å². The molecule has 1 unspecified atom stereocenters. The number of benzene rings is 1. The summed E-state index contributed by atoms with van der Waals surface area (Å²) in [7, 11) is -1.48. The number of amides is 3. The number of piperazine rings is 1. The predicted molar refractivity (Wildman–Crippen MR) is 110 cm³/mol. The molecule has 3 rings (SSSR count). The second kappa shape index (κ2) is 9.55. The number of aliphatic hydroxyl groups excluding tert-OH is 1. The maximum absolute atomic E-state index is 12.6. The summed E-state index contributed by atoms with van der Waals surface area (Å²) in [4.78, 5) is 50.4. The highest BCUT2D eigenvalue weighted by Crippen LogP contribution is 2.30. The molecule has 0 bridgehead atoms. The number of aromatic carboxylic acids is 1. The Kier molecular flexibility index (Phi) is 7.01. The third-order valence-electron chi connectivity index (χ3n) is 5.49. The molecule has 1 saturated heterocycles. The summed E-state index contributed by atoms with van der Waals surface area (Å²) in [6.07, 6.45) is -1.43. The zero-order valence-corrected chi connectivity index (χ0v) is 17.6. The van der Waals surface area contributed by atoms with Crippen LogP contribution in [-0.2, 0) is 20.8 Å². The normalized spacial score (nSPS) is 20.4. The summed E-state index contributed by atoms with van der Waals surface area (Å²) in [6.45, 7) is 3.94. The third-order valence-corrected chi connectivity index (χ3v) is 5.49. The Bertz CT molecular complexity index is 929. The lowest BCUT2D eigenvalue weighted by Crippen LogP contribution is -2.63. The first-order valence-corrected chi connectivity index (χ1v) is 10.2. The number of carbonyl (C=O) groups excluding carboxylic acids is 3. The quantitative estimate of drug-likeness (QED) is 0.176. The van der Waals surface area contributed by atoms with E-state index >= 15 is 0 Å². The number of hydrogen-bond donors (Lipinski definition) is 5. The molecule has 1 fully saturated rings. The van der Waals surface area contributed by atoms with Crippen molar-refractivity contribution >= 4 is 30.8 Å². The maximum Gasteiger partial charge on any atom is 0.547 e. The van der Waals surface area contributed by atoms with E-state index in [9.17, 15) is 34.4 Å². The molecule has 0 saturated carbocycles. The average molecular weight is 448 g/mol. The standard InChI is InChI=1S/C19H25BN4O8/c1-3-23-7-8-24(17(27)16(23)26)19(30)21-10(2)15(25)22-13-9-11-5-4-6-12(18(28)29)14(11)32-20(13)31/h4-6,10,13,19,21,30-31H,3,7-9H2,1-2H3,(H,22,25)(H,28,29)/t10-,13+,19?/m1/s1. The minimum Gasteiger partial charge on any atom is -0.534 e. The van der Waals surface area contributed by atoms with E-state index in [-0.39, 0.29) is 30.8 Å². The van der Waals surface area contributed by atoms with E-state index in [0.717, 1.165) is 4.90 Å². The van der Waals surface area contributed by atoms with Gasteiger partial charge >= 0.3 is 24.9 Å². The molecule has 13 heteroatoms. The van der Waals surface area contributed by atoms with Gasteiger partial charge in [-0.05, 0) is 31.9 Å². The van der Waals surface area contributed by atoms with Crippen molar-refractivity contribution in [3.05, 3.63) is 29.3 Å². The first-order valence-electron chi connectivity index (χ1n) is 10.2. The number of carboxylic acid groups (broad SMARTS) is 1. The number of rotatable bonds is 7. The lowest BCUT2D eigenvalue weighted by atomic mass is 9.72. The Morgan fingerprint density at radius 1 is 1.28 bits per heavy atom. The van der Waals surface area contributed by atoms with Gasteiger partial charge in [0.1, 0.15) is 5.75 Å². The molecule has 1 aromatic carbocycles. The van der Waals surface area contributed by atoms with Crippen molar-refractivity contribution in [1.29, 1.82) is 0 Å². The number of hydrogen-bond acceptors (Lipinski definition) is 8. The van der Waals surface area contributed by atoms with Crippen LogP contribution in [0.2, 0.25) is 0 Å². The molecule has 0 aliphatic carbocycles. The lowest BCUT2D eigenvalue weighted by molar-refractivity contribution is -0.165. The fourth-order valence-electron chi connectivity index (χ4n) is 3.64. The molecule has 1 aromatic rings. The van der Waals surface area contributed by atoms with Gasteiger partial charge < -0.3 is 30.1 Å². The van der Waals surface area contributed by atoms with E-state index in [1.807, 2.05) is 0 Å². The molecule has 0 aromatic heterocycles. The molecule has 2 aliphatic heterocycles. The van der Waals surface area contributed by atoms with Crippen LogP contribution in [-0.4, -0.2) is 93.8 Å². The van der Waals surface area contributed by atoms with Crippen molar-refractivity contribution in [2.75, 3.05) is 19.6 Å². The summed E-state index contributed by atoms with van der Waals surface area (Å²) >= 11 is 0. The van der Waals surface area contributed by atoms with E-state index in [0.29, 0.717) is 12.1 Å². The van der Waals surface area contributed by atoms with Crippen molar-refractivity contribution in [1.82, 2.24) is 20.4 Å². The molecule has 32 heavy (non-hydrogen) atoms. The lowest BCUT2D eigenvalue weighted by Gasteiger charge is -2.37. The number of para-hydroxylation sites is 1. The Hall–Kier alpha value is -3.16. The summed E-state index contributed by atoms with van der Waals surface area (Å²) in [6, 6.07) is 3.54. The Balaban J connectivity index is 1.60. The van der Waals surface area contributed by atoms with E-state index < -0.39 is 49.1 Å². The van der Waals surface area contributed by atoms with Crippen molar-refractivity contribution in [2.24, 2.45) is 0 Å². The van der Waals surface area contributed by atoms with Crippen LogP contribution in [0.5, 0.6) is 5.75 Å². The van der Waals surface area contributed by atoms with Crippen molar-refractivity contribution in [3.8, 4) is 5.75 Å². The van der Waals surface area contributed by atoms with E-state index in [2.05, 4.69) is 10.6 Å². The van der Waals surface area contributed by atoms with E-state index in [1.165, 1.54) is 17.9 Å². The van der Waals surface area contributed by atoms with Gasteiger partial charge in [-0.2, -0.15) is 0 Å².